The second-order valence-corrected chi connectivity index (χ2v) is 3.95. The van der Waals surface area contributed by atoms with Crippen LogP contribution in [0.5, 0.6) is 0 Å². The molecule has 1 aromatic heterocycles. The highest BCUT2D eigenvalue weighted by Crippen LogP contribution is 2.07. The summed E-state index contributed by atoms with van der Waals surface area (Å²) in [4.78, 5) is 23.8. The second-order valence-electron chi connectivity index (χ2n) is 3.95. The van der Waals surface area contributed by atoms with E-state index >= 15 is 0 Å². The third-order valence-electron chi connectivity index (χ3n) is 2.34. The van der Waals surface area contributed by atoms with Crippen LogP contribution in [-0.4, -0.2) is 40.5 Å². The summed E-state index contributed by atoms with van der Waals surface area (Å²) in [7, 11) is 1.58. The molecule has 1 rings (SSSR count). The van der Waals surface area contributed by atoms with Gasteiger partial charge in [-0.15, -0.1) is 0 Å². The molecule has 0 spiro atoms. The Morgan fingerprint density at radius 3 is 2.82 bits per heavy atom. The number of carbonyl (C=O) groups excluding carboxylic acids is 2. The van der Waals surface area contributed by atoms with E-state index in [9.17, 15) is 9.59 Å². The Hall–Kier alpha value is -1.85. The van der Waals surface area contributed by atoms with Gasteiger partial charge in [0.05, 0.1) is 6.54 Å². The summed E-state index contributed by atoms with van der Waals surface area (Å²) in [5.41, 5.74) is 0.989. The van der Waals surface area contributed by atoms with E-state index in [2.05, 4.69) is 22.4 Å². The van der Waals surface area contributed by atoms with E-state index in [0.29, 0.717) is 5.82 Å². The number of likely N-dealkylation sites (N-methyl/N-ethyl adjacent to an activating group) is 1. The highest BCUT2D eigenvalue weighted by molar-refractivity contribution is 5.93. The average molecular weight is 238 g/mol. The van der Waals surface area contributed by atoms with Crippen molar-refractivity contribution in [1.82, 2.24) is 15.1 Å². The van der Waals surface area contributed by atoms with E-state index < -0.39 is 0 Å². The van der Waals surface area contributed by atoms with Gasteiger partial charge in [0, 0.05) is 25.7 Å². The molecule has 0 radical (unpaired) electrons. The minimum Gasteiger partial charge on any atom is -0.337 e. The van der Waals surface area contributed by atoms with Crippen molar-refractivity contribution < 1.29 is 9.59 Å². The van der Waals surface area contributed by atoms with Crippen molar-refractivity contribution in [3.63, 3.8) is 0 Å². The van der Waals surface area contributed by atoms with Gasteiger partial charge in [-0.1, -0.05) is 13.3 Å². The zero-order valence-corrected chi connectivity index (χ0v) is 10.4. The van der Waals surface area contributed by atoms with E-state index in [4.69, 9.17) is 0 Å². The first-order chi connectivity index (χ1) is 8.02. The quantitative estimate of drug-likeness (QED) is 0.795. The van der Waals surface area contributed by atoms with Crippen LogP contribution in [0.3, 0.4) is 0 Å². The van der Waals surface area contributed by atoms with Crippen LogP contribution in [-0.2, 0) is 16.0 Å². The van der Waals surface area contributed by atoms with Crippen molar-refractivity contribution in [3.05, 3.63) is 11.8 Å². The Morgan fingerprint density at radius 1 is 1.53 bits per heavy atom. The molecule has 0 atom stereocenters. The molecule has 0 unspecified atom stereocenters. The van der Waals surface area contributed by atoms with Gasteiger partial charge in [0.2, 0.25) is 11.8 Å². The van der Waals surface area contributed by atoms with Gasteiger partial charge in [0.1, 0.15) is 0 Å². The fourth-order valence-electron chi connectivity index (χ4n) is 1.33. The maximum Gasteiger partial charge on any atom is 0.245 e. The van der Waals surface area contributed by atoms with Gasteiger partial charge in [0.15, 0.2) is 5.82 Å². The van der Waals surface area contributed by atoms with Crippen molar-refractivity contribution in [1.29, 1.82) is 0 Å². The maximum absolute atomic E-state index is 11.5. The molecule has 6 heteroatoms. The molecule has 0 aromatic carbocycles. The zero-order chi connectivity index (χ0) is 12.8. The van der Waals surface area contributed by atoms with Crippen molar-refractivity contribution in [2.24, 2.45) is 0 Å². The smallest absolute Gasteiger partial charge is 0.245 e. The van der Waals surface area contributed by atoms with E-state index in [-0.39, 0.29) is 18.4 Å². The summed E-state index contributed by atoms with van der Waals surface area (Å²) < 4.78 is 0. The third kappa shape index (κ3) is 4.26. The number of carbonyl (C=O) groups is 2. The van der Waals surface area contributed by atoms with Gasteiger partial charge < -0.3 is 10.2 Å². The molecular weight excluding hydrogens is 220 g/mol. The van der Waals surface area contributed by atoms with Gasteiger partial charge in [0.25, 0.3) is 0 Å². The molecule has 1 heterocycles. The summed E-state index contributed by atoms with van der Waals surface area (Å²) >= 11 is 0. The summed E-state index contributed by atoms with van der Waals surface area (Å²) in [6, 6.07) is 1.80. The van der Waals surface area contributed by atoms with Crippen molar-refractivity contribution >= 4 is 17.6 Å². The largest absolute Gasteiger partial charge is 0.337 e. The van der Waals surface area contributed by atoms with Crippen LogP contribution < -0.4 is 5.32 Å². The summed E-state index contributed by atoms with van der Waals surface area (Å²) in [6.45, 7) is 3.52. The lowest BCUT2D eigenvalue weighted by Gasteiger charge is -2.13. The molecule has 0 aliphatic heterocycles. The normalized spacial score (nSPS) is 10.1. The molecule has 0 fully saturated rings. The van der Waals surface area contributed by atoms with Crippen LogP contribution in [0.2, 0.25) is 0 Å². The van der Waals surface area contributed by atoms with E-state index in [1.807, 2.05) is 0 Å². The Morgan fingerprint density at radius 2 is 2.24 bits per heavy atom. The highest BCUT2D eigenvalue weighted by atomic mass is 16.2. The number of hydrogen-bond donors (Lipinski definition) is 2. The number of aryl methyl sites for hydroxylation is 1. The van der Waals surface area contributed by atoms with Gasteiger partial charge in [-0.25, -0.2) is 0 Å². The number of aromatic nitrogens is 2. The summed E-state index contributed by atoms with van der Waals surface area (Å²) in [6.07, 6.45) is 1.92. The van der Waals surface area contributed by atoms with Gasteiger partial charge in [-0.05, 0) is 6.42 Å². The summed E-state index contributed by atoms with van der Waals surface area (Å²) in [5, 5.41) is 9.44. The van der Waals surface area contributed by atoms with Crippen LogP contribution in [0.25, 0.3) is 0 Å². The number of anilines is 1. The molecule has 0 saturated carbocycles. The lowest BCUT2D eigenvalue weighted by Crippen LogP contribution is -2.33. The molecule has 1 aromatic rings. The molecule has 2 N–H and O–H groups in total. The topological polar surface area (TPSA) is 78.1 Å². The number of nitrogens with one attached hydrogen (secondary N) is 2. The molecular formula is C11H18N4O2. The Bertz CT molecular complexity index is 400. The van der Waals surface area contributed by atoms with E-state index in [0.717, 1.165) is 18.5 Å². The fraction of sp³-hybridized carbons (Fsp3) is 0.545. The summed E-state index contributed by atoms with van der Waals surface area (Å²) in [5.74, 6) is 0.0986. The number of H-pyrrole nitrogens is 1. The first-order valence-corrected chi connectivity index (χ1v) is 5.58. The molecule has 17 heavy (non-hydrogen) atoms. The van der Waals surface area contributed by atoms with Crippen LogP contribution in [0.1, 0.15) is 26.0 Å². The van der Waals surface area contributed by atoms with Gasteiger partial charge in [-0.3, -0.25) is 14.7 Å². The van der Waals surface area contributed by atoms with Gasteiger partial charge >= 0.3 is 0 Å². The Labute approximate surface area is 100 Å². The predicted molar refractivity (Wildman–Crippen MR) is 64.5 cm³/mol. The van der Waals surface area contributed by atoms with Crippen LogP contribution in [0.4, 0.5) is 5.82 Å². The Balaban J connectivity index is 2.47. The Kier molecular flexibility index (Phi) is 4.68. The second kappa shape index (κ2) is 6.03. The zero-order valence-electron chi connectivity index (χ0n) is 10.4. The van der Waals surface area contributed by atoms with Crippen LogP contribution in [0, 0.1) is 0 Å². The molecule has 0 saturated heterocycles. The molecule has 0 bridgehead atoms. The highest BCUT2D eigenvalue weighted by Gasteiger charge is 2.10. The lowest BCUT2D eigenvalue weighted by atomic mass is 10.2. The number of amides is 2. The van der Waals surface area contributed by atoms with Crippen molar-refractivity contribution in [2.45, 2.75) is 26.7 Å². The molecule has 94 valence electrons. The van der Waals surface area contributed by atoms with Gasteiger partial charge in [-0.2, -0.15) is 5.10 Å². The first kappa shape index (κ1) is 13.2. The van der Waals surface area contributed by atoms with Crippen LogP contribution >= 0.6 is 0 Å². The third-order valence-corrected chi connectivity index (χ3v) is 2.34. The molecule has 6 nitrogen and oxygen atoms in total. The molecule has 2 amide bonds. The maximum atomic E-state index is 11.5. The van der Waals surface area contributed by atoms with Crippen molar-refractivity contribution in [3.8, 4) is 0 Å². The minimum atomic E-state index is -0.253. The standard InChI is InChI=1S/C11H18N4O2/c1-4-5-9-6-10(14-13-9)12-11(17)7-15(3)8(2)16/h6H,4-5,7H2,1-3H3,(H2,12,13,14,17). The molecule has 0 aliphatic carbocycles. The first-order valence-electron chi connectivity index (χ1n) is 5.58. The van der Waals surface area contributed by atoms with E-state index in [1.165, 1.54) is 11.8 Å². The number of aromatic amines is 1. The number of rotatable bonds is 5. The monoisotopic (exact) mass is 238 g/mol. The lowest BCUT2D eigenvalue weighted by molar-refractivity contribution is -0.131. The average Bonchev–Trinajstić information content (AvgIpc) is 2.65. The minimum absolute atomic E-state index is 0.0330. The number of hydrogen-bond acceptors (Lipinski definition) is 3. The van der Waals surface area contributed by atoms with Crippen molar-refractivity contribution in [2.75, 3.05) is 18.9 Å². The SMILES string of the molecule is CCCc1cc(NC(=O)CN(C)C(C)=O)n[nH]1. The van der Waals surface area contributed by atoms with Crippen LogP contribution in [0.15, 0.2) is 6.07 Å². The fourth-order valence-corrected chi connectivity index (χ4v) is 1.33. The number of nitrogens with zero attached hydrogens (tertiary/aromatic N) is 2. The molecule has 0 aliphatic rings. The van der Waals surface area contributed by atoms with E-state index in [1.54, 1.807) is 13.1 Å². The predicted octanol–water partition coefficient (Wildman–Crippen LogP) is 0.779.